The number of hydrogen-bond acceptors (Lipinski definition) is 0. The fourth-order valence-corrected chi connectivity index (χ4v) is 2.24. The average Bonchev–Trinajstić information content (AvgIpc) is 2.33. The van der Waals surface area contributed by atoms with Gasteiger partial charge in [-0.3, -0.25) is 0 Å². The molecule has 0 atom stereocenters. The third kappa shape index (κ3) is 1.83. The van der Waals surface area contributed by atoms with E-state index < -0.39 is 0 Å². The van der Waals surface area contributed by atoms with Crippen molar-refractivity contribution in [2.45, 2.75) is 6.92 Å². The fraction of sp³-hybridized carbons (Fsp3) is 0.0588. The summed E-state index contributed by atoms with van der Waals surface area (Å²) in [5.74, 6) is 0. The van der Waals surface area contributed by atoms with E-state index in [0.29, 0.717) is 0 Å². The van der Waals surface area contributed by atoms with Crippen molar-refractivity contribution >= 4 is 24.3 Å². The number of rotatable bonds is 0. The van der Waals surface area contributed by atoms with Crippen LogP contribution in [0, 0.1) is 6.92 Å². The SMILES string of the molecule is Cc1cccc2c1/C=C\c1ccccc1/C=C\2. The largest absolute Gasteiger partial charge is 0.0616 e. The van der Waals surface area contributed by atoms with Gasteiger partial charge in [0.2, 0.25) is 0 Å². The predicted octanol–water partition coefficient (Wildman–Crippen LogP) is 4.65. The van der Waals surface area contributed by atoms with Crippen LogP contribution in [0.4, 0.5) is 0 Å². The number of hydrogen-bond donors (Lipinski definition) is 0. The Hall–Kier alpha value is -2.08. The minimum Gasteiger partial charge on any atom is -0.0616 e. The van der Waals surface area contributed by atoms with Crippen molar-refractivity contribution in [3.8, 4) is 0 Å². The van der Waals surface area contributed by atoms with Crippen molar-refractivity contribution in [3.63, 3.8) is 0 Å². The molecule has 0 N–H and O–H groups in total. The Morgan fingerprint density at radius 1 is 0.588 bits per heavy atom. The van der Waals surface area contributed by atoms with Crippen LogP contribution in [0.25, 0.3) is 24.3 Å². The van der Waals surface area contributed by atoms with Crippen LogP contribution in [0.2, 0.25) is 0 Å². The molecule has 0 amide bonds. The molecule has 1 aliphatic rings. The van der Waals surface area contributed by atoms with Gasteiger partial charge in [-0.05, 0) is 34.7 Å². The number of benzene rings is 2. The summed E-state index contributed by atoms with van der Waals surface area (Å²) in [5, 5.41) is 0. The van der Waals surface area contributed by atoms with Gasteiger partial charge in [-0.25, -0.2) is 0 Å². The van der Waals surface area contributed by atoms with E-state index in [1.165, 1.54) is 27.8 Å². The lowest BCUT2D eigenvalue weighted by Crippen LogP contribution is -1.89. The summed E-state index contributed by atoms with van der Waals surface area (Å²) in [5.41, 5.74) is 6.48. The average molecular weight is 218 g/mol. The van der Waals surface area contributed by atoms with Crippen molar-refractivity contribution in [2.75, 3.05) is 0 Å². The van der Waals surface area contributed by atoms with Gasteiger partial charge in [0, 0.05) is 0 Å². The van der Waals surface area contributed by atoms with E-state index in [1.807, 2.05) is 0 Å². The van der Waals surface area contributed by atoms with Crippen LogP contribution < -0.4 is 0 Å². The summed E-state index contributed by atoms with van der Waals surface area (Å²) in [6, 6.07) is 14.9. The Kier molecular flexibility index (Phi) is 2.41. The maximum Gasteiger partial charge on any atom is -0.0155 e. The Bertz CT molecular complexity index is 616. The second-order valence-corrected chi connectivity index (χ2v) is 4.37. The highest BCUT2D eigenvalue weighted by Crippen LogP contribution is 2.24. The zero-order valence-electron chi connectivity index (χ0n) is 9.85. The molecule has 0 radical (unpaired) electrons. The zero-order valence-corrected chi connectivity index (χ0v) is 9.85. The lowest BCUT2D eigenvalue weighted by atomic mass is 9.96. The summed E-state index contributed by atoms with van der Waals surface area (Å²) in [4.78, 5) is 0. The maximum absolute atomic E-state index is 2.22. The van der Waals surface area contributed by atoms with E-state index in [2.05, 4.69) is 73.7 Å². The molecule has 17 heavy (non-hydrogen) atoms. The first kappa shape index (κ1) is 10.1. The molecule has 0 bridgehead atoms. The van der Waals surface area contributed by atoms with Crippen molar-refractivity contribution in [2.24, 2.45) is 0 Å². The van der Waals surface area contributed by atoms with Gasteiger partial charge in [0.05, 0.1) is 0 Å². The van der Waals surface area contributed by atoms with Gasteiger partial charge in [-0.15, -0.1) is 0 Å². The molecule has 2 aromatic carbocycles. The van der Waals surface area contributed by atoms with Crippen LogP contribution in [-0.2, 0) is 0 Å². The monoisotopic (exact) mass is 218 g/mol. The maximum atomic E-state index is 2.22. The van der Waals surface area contributed by atoms with E-state index >= 15 is 0 Å². The topological polar surface area (TPSA) is 0 Å². The zero-order chi connectivity index (χ0) is 11.7. The van der Waals surface area contributed by atoms with E-state index in [0.717, 1.165) is 0 Å². The molecule has 0 aliphatic heterocycles. The van der Waals surface area contributed by atoms with Crippen LogP contribution >= 0.6 is 0 Å². The molecule has 0 aromatic heterocycles. The van der Waals surface area contributed by atoms with Crippen molar-refractivity contribution in [1.29, 1.82) is 0 Å². The molecule has 1 aliphatic carbocycles. The smallest absolute Gasteiger partial charge is 0.0155 e. The Morgan fingerprint density at radius 2 is 1.18 bits per heavy atom. The van der Waals surface area contributed by atoms with Crippen LogP contribution in [0.1, 0.15) is 27.8 Å². The third-order valence-electron chi connectivity index (χ3n) is 3.23. The predicted molar refractivity (Wildman–Crippen MR) is 75.5 cm³/mol. The molecule has 2 aromatic rings. The molecule has 0 heterocycles. The van der Waals surface area contributed by atoms with E-state index in [1.54, 1.807) is 0 Å². The van der Waals surface area contributed by atoms with Crippen molar-refractivity contribution in [3.05, 3.63) is 70.3 Å². The van der Waals surface area contributed by atoms with Crippen LogP contribution in [0.3, 0.4) is 0 Å². The highest BCUT2D eigenvalue weighted by Gasteiger charge is 2.03. The van der Waals surface area contributed by atoms with Gasteiger partial charge in [0.15, 0.2) is 0 Å². The van der Waals surface area contributed by atoms with Crippen LogP contribution in [-0.4, -0.2) is 0 Å². The molecule has 0 fully saturated rings. The first-order valence-corrected chi connectivity index (χ1v) is 5.89. The summed E-state index contributed by atoms with van der Waals surface area (Å²) >= 11 is 0. The van der Waals surface area contributed by atoms with Gasteiger partial charge in [0.1, 0.15) is 0 Å². The molecular formula is C17H14. The molecule has 0 heteroatoms. The third-order valence-corrected chi connectivity index (χ3v) is 3.23. The molecule has 82 valence electrons. The molecule has 0 spiro atoms. The highest BCUT2D eigenvalue weighted by molar-refractivity contribution is 5.86. The summed E-state index contributed by atoms with van der Waals surface area (Å²) in [7, 11) is 0. The van der Waals surface area contributed by atoms with Crippen LogP contribution in [0.15, 0.2) is 42.5 Å². The van der Waals surface area contributed by atoms with E-state index in [4.69, 9.17) is 0 Å². The van der Waals surface area contributed by atoms with E-state index in [9.17, 15) is 0 Å². The summed E-state index contributed by atoms with van der Waals surface area (Å²) in [6.07, 6.45) is 8.80. The van der Waals surface area contributed by atoms with Gasteiger partial charge < -0.3 is 0 Å². The normalized spacial score (nSPS) is 16.3. The second kappa shape index (κ2) is 4.06. The Morgan fingerprint density at radius 3 is 1.94 bits per heavy atom. The summed E-state index contributed by atoms with van der Waals surface area (Å²) in [6.45, 7) is 2.16. The van der Waals surface area contributed by atoms with Gasteiger partial charge in [0.25, 0.3) is 0 Å². The quantitative estimate of drug-likeness (QED) is 0.515. The fourth-order valence-electron chi connectivity index (χ4n) is 2.24. The Labute approximate surface area is 102 Å². The molecule has 0 unspecified atom stereocenters. The lowest BCUT2D eigenvalue weighted by Gasteiger charge is -2.09. The minimum atomic E-state index is 1.27. The van der Waals surface area contributed by atoms with Crippen molar-refractivity contribution < 1.29 is 0 Å². The molecule has 3 rings (SSSR count). The molecule has 0 saturated carbocycles. The van der Waals surface area contributed by atoms with Gasteiger partial charge >= 0.3 is 0 Å². The molecular weight excluding hydrogens is 204 g/mol. The van der Waals surface area contributed by atoms with Crippen molar-refractivity contribution in [1.82, 2.24) is 0 Å². The van der Waals surface area contributed by atoms with Crippen LogP contribution in [0.5, 0.6) is 0 Å². The molecule has 0 nitrogen and oxygen atoms in total. The standard InChI is InChI=1S/C17H14/c1-13-5-4-8-16-10-9-14-6-2-3-7-15(14)11-12-17(13)16/h2-12H,1H3/b10-9-,12-11-,14-9?,15-11?,16-10?,17-12?. The van der Waals surface area contributed by atoms with Gasteiger partial charge in [-0.2, -0.15) is 0 Å². The second-order valence-electron chi connectivity index (χ2n) is 4.37. The number of fused-ring (bicyclic) bond motifs is 2. The first-order valence-electron chi connectivity index (χ1n) is 5.89. The lowest BCUT2D eigenvalue weighted by molar-refractivity contribution is 1.43. The van der Waals surface area contributed by atoms with Gasteiger partial charge in [-0.1, -0.05) is 66.8 Å². The minimum absolute atomic E-state index is 1.27. The highest BCUT2D eigenvalue weighted by atomic mass is 14.1. The summed E-state index contributed by atoms with van der Waals surface area (Å²) < 4.78 is 0. The first-order chi connectivity index (χ1) is 8.34. The van der Waals surface area contributed by atoms with E-state index in [-0.39, 0.29) is 0 Å². The Balaban J connectivity index is 2.21. The number of aryl methyl sites for hydroxylation is 1. The molecule has 0 saturated heterocycles.